The van der Waals surface area contributed by atoms with Crippen LogP contribution in [0.4, 0.5) is 5.95 Å². The maximum atomic E-state index is 12.7. The van der Waals surface area contributed by atoms with Crippen molar-refractivity contribution in [1.29, 1.82) is 0 Å². The van der Waals surface area contributed by atoms with Crippen molar-refractivity contribution in [2.75, 3.05) is 38.1 Å². The van der Waals surface area contributed by atoms with Gasteiger partial charge < -0.3 is 14.4 Å². The number of anilines is 1. The first-order chi connectivity index (χ1) is 11.2. The number of pyridine rings is 1. The third-order valence-electron chi connectivity index (χ3n) is 5.17. The number of hydrogen-bond acceptors (Lipinski definition) is 5. The topological polar surface area (TPSA) is 54.3 Å². The third-order valence-corrected chi connectivity index (χ3v) is 5.17. The van der Waals surface area contributed by atoms with Crippen LogP contribution in [0.25, 0.3) is 10.9 Å². The lowest BCUT2D eigenvalue weighted by Gasteiger charge is -2.32. The standard InChI is InChI=1S/C17H23N5O/c1-20-8-10-21(11-9-20)17-18-12-14-15(19-17)6-7-22(16(14)23)13-4-2-3-5-13/h6-7,12-13H,2-5,8-11H2,1H3. The van der Waals surface area contributed by atoms with E-state index >= 15 is 0 Å². The molecular weight excluding hydrogens is 290 g/mol. The lowest BCUT2D eigenvalue weighted by molar-refractivity contribution is 0.311. The zero-order chi connectivity index (χ0) is 15.8. The summed E-state index contributed by atoms with van der Waals surface area (Å²) in [6, 6.07) is 2.32. The average molecular weight is 313 g/mol. The summed E-state index contributed by atoms with van der Waals surface area (Å²) in [5.41, 5.74) is 0.813. The van der Waals surface area contributed by atoms with E-state index in [1.54, 1.807) is 6.20 Å². The van der Waals surface area contributed by atoms with Gasteiger partial charge in [-0.3, -0.25) is 4.79 Å². The molecule has 2 fully saturated rings. The minimum absolute atomic E-state index is 0.0549. The van der Waals surface area contributed by atoms with Crippen LogP contribution >= 0.6 is 0 Å². The van der Waals surface area contributed by atoms with Crippen LogP contribution in [0.5, 0.6) is 0 Å². The molecule has 0 N–H and O–H groups in total. The van der Waals surface area contributed by atoms with Gasteiger partial charge in [0.15, 0.2) is 0 Å². The highest BCUT2D eigenvalue weighted by Crippen LogP contribution is 2.28. The fourth-order valence-corrected chi connectivity index (χ4v) is 3.66. The van der Waals surface area contributed by atoms with E-state index in [4.69, 9.17) is 0 Å². The summed E-state index contributed by atoms with van der Waals surface area (Å²) in [7, 11) is 2.13. The molecule has 122 valence electrons. The summed E-state index contributed by atoms with van der Waals surface area (Å²) >= 11 is 0. The molecule has 0 radical (unpaired) electrons. The zero-order valence-corrected chi connectivity index (χ0v) is 13.6. The van der Waals surface area contributed by atoms with Gasteiger partial charge in [0.25, 0.3) is 5.56 Å². The first kappa shape index (κ1) is 14.6. The van der Waals surface area contributed by atoms with Crippen molar-refractivity contribution in [3.8, 4) is 0 Å². The molecule has 0 unspecified atom stereocenters. The van der Waals surface area contributed by atoms with Crippen LogP contribution in [0, 0.1) is 0 Å². The number of likely N-dealkylation sites (N-methyl/N-ethyl adjacent to an activating group) is 1. The Kier molecular flexibility index (Phi) is 3.77. The zero-order valence-electron chi connectivity index (χ0n) is 13.6. The van der Waals surface area contributed by atoms with E-state index in [0.717, 1.165) is 50.5 Å². The predicted molar refractivity (Wildman–Crippen MR) is 91.0 cm³/mol. The van der Waals surface area contributed by atoms with E-state index in [1.165, 1.54) is 12.8 Å². The highest BCUT2D eigenvalue weighted by atomic mass is 16.1. The van der Waals surface area contributed by atoms with Crippen molar-refractivity contribution >= 4 is 16.9 Å². The van der Waals surface area contributed by atoms with E-state index in [9.17, 15) is 4.79 Å². The first-order valence-electron chi connectivity index (χ1n) is 8.54. The number of nitrogens with zero attached hydrogens (tertiary/aromatic N) is 5. The van der Waals surface area contributed by atoms with Gasteiger partial charge in [0.1, 0.15) is 0 Å². The van der Waals surface area contributed by atoms with Crippen LogP contribution in [0.2, 0.25) is 0 Å². The van der Waals surface area contributed by atoms with E-state index in [2.05, 4.69) is 26.8 Å². The van der Waals surface area contributed by atoms with Gasteiger partial charge >= 0.3 is 0 Å². The molecule has 1 aliphatic heterocycles. The molecule has 6 nitrogen and oxygen atoms in total. The molecule has 2 aromatic rings. The molecule has 1 aliphatic carbocycles. The van der Waals surface area contributed by atoms with Crippen molar-refractivity contribution in [2.45, 2.75) is 31.7 Å². The fourth-order valence-electron chi connectivity index (χ4n) is 3.66. The summed E-state index contributed by atoms with van der Waals surface area (Å²) in [6.45, 7) is 3.90. The van der Waals surface area contributed by atoms with Crippen molar-refractivity contribution < 1.29 is 0 Å². The molecule has 0 aromatic carbocycles. The van der Waals surface area contributed by atoms with E-state index in [0.29, 0.717) is 11.4 Å². The SMILES string of the molecule is CN1CCN(c2ncc3c(=O)n(C4CCCC4)ccc3n2)CC1. The van der Waals surface area contributed by atoms with Crippen LogP contribution in [0.3, 0.4) is 0 Å². The van der Waals surface area contributed by atoms with Gasteiger partial charge in [0.2, 0.25) is 5.95 Å². The first-order valence-corrected chi connectivity index (χ1v) is 8.54. The van der Waals surface area contributed by atoms with Gasteiger partial charge in [0, 0.05) is 44.6 Å². The van der Waals surface area contributed by atoms with E-state index in [1.807, 2.05) is 16.8 Å². The van der Waals surface area contributed by atoms with Gasteiger partial charge in [0.05, 0.1) is 10.9 Å². The maximum absolute atomic E-state index is 12.7. The molecular formula is C17H23N5O. The lowest BCUT2D eigenvalue weighted by Crippen LogP contribution is -2.45. The second-order valence-electron chi connectivity index (χ2n) is 6.73. The Bertz CT molecular complexity index is 757. The van der Waals surface area contributed by atoms with E-state index in [-0.39, 0.29) is 5.56 Å². The normalized spacial score (nSPS) is 20.5. The van der Waals surface area contributed by atoms with Crippen LogP contribution < -0.4 is 10.5 Å². The average Bonchev–Trinajstić information content (AvgIpc) is 3.10. The Balaban J connectivity index is 1.67. The summed E-state index contributed by atoms with van der Waals surface area (Å²) in [4.78, 5) is 26.3. The van der Waals surface area contributed by atoms with Crippen molar-refractivity contribution in [1.82, 2.24) is 19.4 Å². The maximum Gasteiger partial charge on any atom is 0.261 e. The molecule has 0 atom stereocenters. The smallest absolute Gasteiger partial charge is 0.261 e. The van der Waals surface area contributed by atoms with Crippen molar-refractivity contribution in [3.63, 3.8) is 0 Å². The van der Waals surface area contributed by atoms with Gasteiger partial charge in [-0.15, -0.1) is 0 Å². The second-order valence-corrected chi connectivity index (χ2v) is 6.73. The largest absolute Gasteiger partial charge is 0.338 e. The molecule has 6 heteroatoms. The minimum Gasteiger partial charge on any atom is -0.338 e. The molecule has 3 heterocycles. The van der Waals surface area contributed by atoms with Crippen molar-refractivity contribution in [2.24, 2.45) is 0 Å². The van der Waals surface area contributed by atoms with Crippen molar-refractivity contribution in [3.05, 3.63) is 28.8 Å². The molecule has 2 aliphatic rings. The Morgan fingerprint density at radius 1 is 1.13 bits per heavy atom. The van der Waals surface area contributed by atoms with Gasteiger partial charge in [-0.25, -0.2) is 9.97 Å². The van der Waals surface area contributed by atoms with Gasteiger partial charge in [-0.05, 0) is 26.0 Å². The Labute approximate surface area is 135 Å². The third kappa shape index (κ3) is 2.72. The highest BCUT2D eigenvalue weighted by molar-refractivity contribution is 5.77. The van der Waals surface area contributed by atoms with Crippen LogP contribution in [-0.4, -0.2) is 52.7 Å². The number of aromatic nitrogens is 3. The summed E-state index contributed by atoms with van der Waals surface area (Å²) < 4.78 is 1.88. The quantitative estimate of drug-likeness (QED) is 0.844. The van der Waals surface area contributed by atoms with Crippen LogP contribution in [-0.2, 0) is 0 Å². The molecule has 1 saturated heterocycles. The summed E-state index contributed by atoms with van der Waals surface area (Å²) in [5.74, 6) is 0.739. The van der Waals surface area contributed by atoms with E-state index < -0.39 is 0 Å². The van der Waals surface area contributed by atoms with Crippen LogP contribution in [0.15, 0.2) is 23.3 Å². The number of hydrogen-bond donors (Lipinski definition) is 0. The predicted octanol–water partition coefficient (Wildman–Crippen LogP) is 1.66. The molecule has 0 amide bonds. The molecule has 23 heavy (non-hydrogen) atoms. The summed E-state index contributed by atoms with van der Waals surface area (Å²) in [6.07, 6.45) is 8.27. The Morgan fingerprint density at radius 2 is 1.87 bits per heavy atom. The number of piperazine rings is 1. The summed E-state index contributed by atoms with van der Waals surface area (Å²) in [5, 5.41) is 0.636. The second kappa shape index (κ2) is 5.92. The Morgan fingerprint density at radius 3 is 2.61 bits per heavy atom. The molecule has 2 aromatic heterocycles. The molecule has 1 saturated carbocycles. The fraction of sp³-hybridized carbons (Fsp3) is 0.588. The number of rotatable bonds is 2. The minimum atomic E-state index is 0.0549. The lowest BCUT2D eigenvalue weighted by atomic mass is 10.2. The Hall–Kier alpha value is -1.95. The molecule has 4 rings (SSSR count). The highest BCUT2D eigenvalue weighted by Gasteiger charge is 2.20. The molecule has 0 spiro atoms. The number of fused-ring (bicyclic) bond motifs is 1. The van der Waals surface area contributed by atoms with Gasteiger partial charge in [-0.2, -0.15) is 0 Å². The van der Waals surface area contributed by atoms with Gasteiger partial charge in [-0.1, -0.05) is 12.8 Å². The van der Waals surface area contributed by atoms with Crippen LogP contribution in [0.1, 0.15) is 31.7 Å². The monoisotopic (exact) mass is 313 g/mol. The molecule has 0 bridgehead atoms.